The molecule has 1 aromatic carbocycles. The number of hydrogen-bond donors (Lipinski definition) is 1. The first-order chi connectivity index (χ1) is 22.2. The van der Waals surface area contributed by atoms with Crippen LogP contribution in [0.15, 0.2) is 63.6 Å². The van der Waals surface area contributed by atoms with Gasteiger partial charge in [0.05, 0.1) is 18.9 Å². The molecule has 2 aliphatic rings. The number of hydrogen-bond acceptors (Lipinski definition) is 9. The molecule has 0 unspecified atom stereocenters. The number of fused-ring (bicyclic) bond motifs is 1. The maximum Gasteiger partial charge on any atom is 0.227 e. The van der Waals surface area contributed by atoms with Gasteiger partial charge in [0.1, 0.15) is 0 Å². The van der Waals surface area contributed by atoms with E-state index in [0.29, 0.717) is 54.8 Å². The molecule has 4 aromatic rings. The van der Waals surface area contributed by atoms with Crippen LogP contribution in [0.4, 0.5) is 17.5 Å². The van der Waals surface area contributed by atoms with Crippen LogP contribution in [0.1, 0.15) is 78.0 Å². The molecule has 6 rings (SSSR count). The number of aryl methyl sites for hydroxylation is 1. The van der Waals surface area contributed by atoms with E-state index in [1.165, 1.54) is 45.1 Å². The molecule has 2 fully saturated rings. The number of benzene rings is 1. The van der Waals surface area contributed by atoms with Gasteiger partial charge in [-0.2, -0.15) is 0 Å². The highest BCUT2D eigenvalue weighted by atomic mass is 16.5. The monoisotopic (exact) mass is 625 g/mol. The van der Waals surface area contributed by atoms with Crippen LogP contribution in [0.25, 0.3) is 28.3 Å². The van der Waals surface area contributed by atoms with Gasteiger partial charge in [-0.15, -0.1) is 0 Å². The summed E-state index contributed by atoms with van der Waals surface area (Å²) < 4.78 is 11.5. The lowest BCUT2D eigenvalue weighted by Crippen LogP contribution is -2.36. The summed E-state index contributed by atoms with van der Waals surface area (Å²) in [4.78, 5) is 39.5. The number of Topliss-reactive ketones (excluding diaryl/α,β-unsaturated/α-hetero) is 1. The smallest absolute Gasteiger partial charge is 0.227 e. The number of ketones is 1. The zero-order valence-electron chi connectivity index (χ0n) is 28.1. The van der Waals surface area contributed by atoms with Crippen LogP contribution in [-0.2, 0) is 9.53 Å². The van der Waals surface area contributed by atoms with Crippen LogP contribution in [-0.4, -0.2) is 47.0 Å². The average molecular weight is 626 g/mol. The van der Waals surface area contributed by atoms with Crippen molar-refractivity contribution < 1.29 is 13.9 Å². The van der Waals surface area contributed by atoms with E-state index in [4.69, 9.17) is 9.15 Å². The second-order valence-corrected chi connectivity index (χ2v) is 12.0. The Kier molecular flexibility index (Phi) is 12.6. The maximum atomic E-state index is 12.7. The Hall–Kier alpha value is -4.37. The molecular weight excluding hydrogens is 578 g/mol. The van der Waals surface area contributed by atoms with Crippen LogP contribution in [0.2, 0.25) is 0 Å². The molecule has 1 aliphatic heterocycles. The van der Waals surface area contributed by atoms with E-state index >= 15 is 0 Å². The molecule has 3 aromatic heterocycles. The summed E-state index contributed by atoms with van der Waals surface area (Å²) in [5, 5.41) is 3.23. The predicted octanol–water partition coefficient (Wildman–Crippen LogP) is 8.14. The number of carbonyl (C=O) groups is 1. The highest BCUT2D eigenvalue weighted by molar-refractivity contribution is 5.97. The van der Waals surface area contributed by atoms with E-state index in [1.807, 2.05) is 42.2 Å². The van der Waals surface area contributed by atoms with Gasteiger partial charge in [0.25, 0.3) is 0 Å². The first-order valence-electron chi connectivity index (χ1n) is 16.3. The summed E-state index contributed by atoms with van der Waals surface area (Å²) in [5.74, 6) is 2.03. The van der Waals surface area contributed by atoms with Crippen molar-refractivity contribution in [3.63, 3.8) is 0 Å². The van der Waals surface area contributed by atoms with Crippen LogP contribution < -0.4 is 15.6 Å². The molecular formula is C37H47N5O4. The van der Waals surface area contributed by atoms with Crippen molar-refractivity contribution in [3.8, 4) is 11.1 Å². The number of morpholine rings is 1. The Balaban J connectivity index is 0.000000466. The van der Waals surface area contributed by atoms with E-state index in [2.05, 4.69) is 41.0 Å². The number of ether oxygens (including phenoxy) is 1. The number of nitrogens with zero attached hydrogens (tertiary/aromatic N) is 4. The van der Waals surface area contributed by atoms with Crippen molar-refractivity contribution in [2.45, 2.75) is 73.6 Å². The van der Waals surface area contributed by atoms with E-state index in [0.717, 1.165) is 34.0 Å². The number of carbonyl (C=O) groups excluding carboxylic acids is 1. The molecule has 0 bridgehead atoms. The van der Waals surface area contributed by atoms with Crippen molar-refractivity contribution in [2.75, 3.05) is 36.5 Å². The molecule has 0 amide bonds. The second-order valence-electron chi connectivity index (χ2n) is 12.0. The summed E-state index contributed by atoms with van der Waals surface area (Å²) in [5.41, 5.74) is 5.28. The first-order valence-corrected chi connectivity index (χ1v) is 16.3. The minimum atomic E-state index is -0.172. The summed E-state index contributed by atoms with van der Waals surface area (Å²) in [7, 11) is 0. The van der Waals surface area contributed by atoms with Crippen LogP contribution in [0.5, 0.6) is 0 Å². The van der Waals surface area contributed by atoms with Gasteiger partial charge in [-0.05, 0) is 62.1 Å². The fourth-order valence-corrected chi connectivity index (χ4v) is 5.18. The van der Waals surface area contributed by atoms with Gasteiger partial charge >= 0.3 is 0 Å². The fraction of sp³-hybridized carbons (Fsp3) is 0.432. The van der Waals surface area contributed by atoms with Crippen molar-refractivity contribution in [1.29, 1.82) is 0 Å². The molecule has 9 nitrogen and oxygen atoms in total. The molecule has 244 valence electrons. The highest BCUT2D eigenvalue weighted by Crippen LogP contribution is 2.27. The number of anilines is 3. The summed E-state index contributed by atoms with van der Waals surface area (Å²) in [6.45, 7) is 14.3. The Morgan fingerprint density at radius 2 is 1.74 bits per heavy atom. The Labute approximate surface area is 272 Å². The van der Waals surface area contributed by atoms with E-state index in [1.54, 1.807) is 25.4 Å². The summed E-state index contributed by atoms with van der Waals surface area (Å²) in [6, 6.07) is 11.1. The lowest BCUT2D eigenvalue weighted by Gasteiger charge is -2.27. The zero-order valence-corrected chi connectivity index (χ0v) is 28.1. The molecule has 1 aliphatic carbocycles. The third-order valence-electron chi connectivity index (χ3n) is 7.92. The lowest BCUT2D eigenvalue weighted by molar-refractivity contribution is -0.113. The topological polar surface area (TPSA) is 110 Å². The minimum absolute atomic E-state index is 0.0122. The number of allylic oxidation sites excluding steroid dienone is 1. The van der Waals surface area contributed by atoms with Crippen molar-refractivity contribution in [2.24, 2.45) is 5.92 Å². The van der Waals surface area contributed by atoms with E-state index < -0.39 is 0 Å². The lowest BCUT2D eigenvalue weighted by atomic mass is 10.1. The normalized spacial score (nSPS) is 15.1. The van der Waals surface area contributed by atoms with Crippen molar-refractivity contribution in [3.05, 3.63) is 75.8 Å². The number of rotatable bonds is 6. The average Bonchev–Trinajstić information content (AvgIpc) is 3.54. The fourth-order valence-electron chi connectivity index (χ4n) is 5.18. The van der Waals surface area contributed by atoms with Crippen LogP contribution in [0, 0.1) is 12.8 Å². The minimum Gasteiger partial charge on any atom is -0.439 e. The molecule has 0 spiro atoms. The Morgan fingerprint density at radius 1 is 1.02 bits per heavy atom. The molecule has 9 heteroatoms. The van der Waals surface area contributed by atoms with Crippen molar-refractivity contribution >= 4 is 40.5 Å². The van der Waals surface area contributed by atoms with Crippen LogP contribution >= 0.6 is 0 Å². The van der Waals surface area contributed by atoms with E-state index in [9.17, 15) is 9.59 Å². The standard InChI is InChI=1S/C28H27N5O4.C6H12.C3H8/c1-17(19(3)34)11-21-15-30-28(31-18(21)2)32-23-6-4-5-20(12-23)22-13-25-27(29-16-22)24(35)14-26(37-25)33-7-9-36-10-8-33;1-6-4-2-3-5-6;1-3-2/h4-6,11-16H,7-10H2,1-3H3,(H,30,31,32);6H,2-5H2,1H3;3H2,1-2H3/b17-11+;;. The maximum absolute atomic E-state index is 12.7. The molecule has 46 heavy (non-hydrogen) atoms. The SMILES string of the molecule is CC(=O)/C(C)=C/c1cnc(Nc2cccc(-c3cnc4c(=O)cc(N5CCOCC5)oc4c3)c2)nc1C.CC1CCCC1.CCC. The number of aromatic nitrogens is 3. The van der Waals surface area contributed by atoms with Gasteiger partial charge < -0.3 is 19.4 Å². The van der Waals surface area contributed by atoms with Gasteiger partial charge in [-0.25, -0.2) is 15.0 Å². The molecule has 1 saturated heterocycles. The third-order valence-corrected chi connectivity index (χ3v) is 7.92. The third kappa shape index (κ3) is 9.57. The molecule has 0 atom stereocenters. The molecule has 4 heterocycles. The largest absolute Gasteiger partial charge is 0.439 e. The van der Waals surface area contributed by atoms with Gasteiger partial charge in [-0.1, -0.05) is 65.0 Å². The summed E-state index contributed by atoms with van der Waals surface area (Å²) >= 11 is 0. The van der Waals surface area contributed by atoms with Gasteiger partial charge in [-0.3, -0.25) is 9.59 Å². The molecule has 1 N–H and O–H groups in total. The molecule has 0 radical (unpaired) electrons. The Morgan fingerprint density at radius 3 is 2.37 bits per heavy atom. The first kappa shape index (κ1) is 34.5. The number of pyridine rings is 1. The molecule has 1 saturated carbocycles. The number of nitrogens with one attached hydrogen (secondary N) is 1. The quantitative estimate of drug-likeness (QED) is 0.212. The van der Waals surface area contributed by atoms with E-state index in [-0.39, 0.29) is 11.2 Å². The second kappa shape index (κ2) is 16.8. The van der Waals surface area contributed by atoms with Crippen LogP contribution in [0.3, 0.4) is 0 Å². The van der Waals surface area contributed by atoms with Gasteiger partial charge in [0, 0.05) is 48.4 Å². The Bertz CT molecular complexity index is 1700. The van der Waals surface area contributed by atoms with Gasteiger partial charge in [0.2, 0.25) is 11.4 Å². The van der Waals surface area contributed by atoms with Crippen molar-refractivity contribution in [1.82, 2.24) is 15.0 Å². The zero-order chi connectivity index (χ0) is 33.1. The highest BCUT2D eigenvalue weighted by Gasteiger charge is 2.16. The summed E-state index contributed by atoms with van der Waals surface area (Å²) in [6.07, 6.45) is 12.4. The van der Waals surface area contributed by atoms with Gasteiger partial charge in [0.15, 0.2) is 22.8 Å². The predicted molar refractivity (Wildman–Crippen MR) is 187 cm³/mol.